The van der Waals surface area contributed by atoms with E-state index in [9.17, 15) is 18.4 Å². The van der Waals surface area contributed by atoms with E-state index in [0.717, 1.165) is 11.8 Å². The minimum atomic E-state index is -3.34. The predicted molar refractivity (Wildman–Crippen MR) is 130 cm³/mol. The van der Waals surface area contributed by atoms with Crippen molar-refractivity contribution >= 4 is 21.4 Å². The summed E-state index contributed by atoms with van der Waals surface area (Å²) in [7, 11) is -3.34. The van der Waals surface area contributed by atoms with Crippen molar-refractivity contribution in [1.29, 1.82) is 0 Å². The summed E-state index contributed by atoms with van der Waals surface area (Å²) >= 11 is 0. The number of rotatable bonds is 12. The molecule has 3 aromatic carbocycles. The summed E-state index contributed by atoms with van der Waals surface area (Å²) in [5.41, 5.74) is 1.38. The molecule has 0 radical (unpaired) electrons. The zero-order valence-electron chi connectivity index (χ0n) is 18.8. The minimum absolute atomic E-state index is 0.154. The number of ether oxygens (including phenoxy) is 2. The number of nitrogens with one attached hydrogen (secondary N) is 2. The molecule has 0 heterocycles. The number of anilines is 1. The van der Waals surface area contributed by atoms with E-state index in [4.69, 9.17) is 9.47 Å². The van der Waals surface area contributed by atoms with E-state index >= 15 is 0 Å². The summed E-state index contributed by atoms with van der Waals surface area (Å²) in [5.74, 6) is 0.408. The number of para-hydroxylation sites is 1. The van der Waals surface area contributed by atoms with Crippen molar-refractivity contribution < 1.29 is 27.7 Å². The molecule has 0 spiro atoms. The molecule has 0 aromatic heterocycles. The second kappa shape index (κ2) is 12.3. The number of amides is 1. The van der Waals surface area contributed by atoms with Gasteiger partial charge in [0.05, 0.1) is 18.9 Å². The van der Waals surface area contributed by atoms with Gasteiger partial charge in [-0.25, -0.2) is 8.42 Å². The fraction of sp³-hybridized carbons (Fsp3) is 0.240. The van der Waals surface area contributed by atoms with Crippen LogP contribution in [0.25, 0.3) is 0 Å². The third-order valence-corrected chi connectivity index (χ3v) is 5.87. The van der Waals surface area contributed by atoms with Gasteiger partial charge in [-0.3, -0.25) is 4.79 Å². The molecule has 0 aliphatic carbocycles. The van der Waals surface area contributed by atoms with Crippen LogP contribution >= 0.6 is 0 Å². The van der Waals surface area contributed by atoms with E-state index in [-0.39, 0.29) is 25.5 Å². The molecule has 0 saturated heterocycles. The van der Waals surface area contributed by atoms with Crippen molar-refractivity contribution in [2.24, 2.45) is 0 Å². The van der Waals surface area contributed by atoms with Crippen molar-refractivity contribution in [3.8, 4) is 11.5 Å². The van der Waals surface area contributed by atoms with Crippen LogP contribution in [0.4, 0.5) is 5.69 Å². The highest BCUT2D eigenvalue weighted by Crippen LogP contribution is 2.22. The van der Waals surface area contributed by atoms with Gasteiger partial charge < -0.3 is 25.1 Å². The lowest BCUT2D eigenvalue weighted by Gasteiger charge is -2.30. The Kier molecular flexibility index (Phi) is 9.17. The van der Waals surface area contributed by atoms with Gasteiger partial charge in [-0.2, -0.15) is 0 Å². The molecule has 0 saturated carbocycles. The highest BCUT2D eigenvalue weighted by atomic mass is 32.2. The highest BCUT2D eigenvalue weighted by molar-refractivity contribution is 7.90. The van der Waals surface area contributed by atoms with Gasteiger partial charge in [0.25, 0.3) is 5.91 Å². The van der Waals surface area contributed by atoms with Crippen LogP contribution in [0.1, 0.15) is 5.56 Å². The molecule has 1 amide bonds. The maximum atomic E-state index is 12.9. The molecule has 0 aliphatic heterocycles. The minimum Gasteiger partial charge on any atom is -0.634 e. The maximum Gasteiger partial charge on any atom is 0.285 e. The molecular weight excluding hydrogens is 456 g/mol. The molecule has 0 bridgehead atoms. The van der Waals surface area contributed by atoms with Crippen LogP contribution in [-0.4, -0.2) is 45.5 Å². The summed E-state index contributed by atoms with van der Waals surface area (Å²) in [6.07, 6.45) is 1.06. The lowest BCUT2D eigenvalue weighted by Crippen LogP contribution is -3.14. The molecule has 0 aliphatic rings. The van der Waals surface area contributed by atoms with E-state index in [2.05, 4.69) is 5.32 Å². The van der Waals surface area contributed by atoms with Gasteiger partial charge in [-0.05, 0) is 42.0 Å². The van der Waals surface area contributed by atoms with Gasteiger partial charge in [0.2, 0.25) is 0 Å². The van der Waals surface area contributed by atoms with Gasteiger partial charge in [0.15, 0.2) is 15.9 Å². The summed E-state index contributed by atoms with van der Waals surface area (Å²) < 4.78 is 34.3. The predicted octanol–water partition coefficient (Wildman–Crippen LogP) is 2.43. The Labute approximate surface area is 199 Å². The number of sulfone groups is 1. The molecule has 9 heteroatoms. The Morgan fingerprint density at radius 3 is 2.15 bits per heavy atom. The summed E-state index contributed by atoms with van der Waals surface area (Å²) in [6.45, 7) is -0.177. The van der Waals surface area contributed by atoms with Crippen molar-refractivity contribution in [3.05, 3.63) is 95.7 Å². The quantitative estimate of drug-likeness (QED) is 0.382. The van der Waals surface area contributed by atoms with Crippen LogP contribution in [0.15, 0.2) is 84.9 Å². The molecule has 3 aromatic rings. The number of hydrogen-bond acceptors (Lipinski definition) is 6. The van der Waals surface area contributed by atoms with Crippen LogP contribution in [0, 0.1) is 5.21 Å². The van der Waals surface area contributed by atoms with E-state index in [1.165, 1.54) is 0 Å². The molecule has 8 nitrogen and oxygen atoms in total. The monoisotopic (exact) mass is 484 g/mol. The number of carbonyl (C=O) groups is 1. The highest BCUT2D eigenvalue weighted by Gasteiger charge is 2.26. The molecule has 3 rings (SSSR count). The number of carbonyl (C=O) groups excluding carboxylic acids is 1. The Bertz CT molecular complexity index is 1140. The molecule has 2 atom stereocenters. The molecule has 2 unspecified atom stereocenters. The van der Waals surface area contributed by atoms with Crippen LogP contribution in [0.3, 0.4) is 0 Å². The van der Waals surface area contributed by atoms with Gasteiger partial charge >= 0.3 is 0 Å². The van der Waals surface area contributed by atoms with Gasteiger partial charge in [-0.1, -0.05) is 48.5 Å². The Morgan fingerprint density at radius 2 is 1.53 bits per heavy atom. The second-order valence-corrected chi connectivity index (χ2v) is 10.1. The summed E-state index contributed by atoms with van der Waals surface area (Å²) in [4.78, 5) is 12.9. The van der Waals surface area contributed by atoms with Crippen molar-refractivity contribution in [2.75, 3.05) is 30.5 Å². The zero-order valence-corrected chi connectivity index (χ0v) is 19.7. The molecule has 180 valence electrons. The van der Waals surface area contributed by atoms with Crippen molar-refractivity contribution in [3.63, 3.8) is 0 Å². The first-order valence-corrected chi connectivity index (χ1v) is 12.8. The van der Waals surface area contributed by atoms with Crippen LogP contribution in [-0.2, 0) is 26.0 Å². The molecular formula is C25H28N2O6S. The van der Waals surface area contributed by atoms with Crippen LogP contribution in [0.5, 0.6) is 11.5 Å². The van der Waals surface area contributed by atoms with E-state index < -0.39 is 26.8 Å². The fourth-order valence-corrected chi connectivity index (χ4v) is 3.68. The van der Waals surface area contributed by atoms with E-state index in [1.807, 2.05) is 60.7 Å². The van der Waals surface area contributed by atoms with Gasteiger partial charge in [0.1, 0.15) is 18.1 Å². The standard InChI is InChI=1S/C25H28N2O6S/c1-34(30,31)17-16-27(29)24(19-32-18-20-8-4-2-5-9-20)25(28)26-21-12-14-23(15-13-21)33-22-10-6-3-7-11-22/h2-15,24,27H,16-19H2,1H3,(H,26,28). The fourth-order valence-electron chi connectivity index (χ4n) is 3.10. The van der Waals surface area contributed by atoms with E-state index in [1.54, 1.807) is 24.3 Å². The topological polar surface area (TPSA) is 109 Å². The normalized spacial score (nSPS) is 13.1. The van der Waals surface area contributed by atoms with Crippen LogP contribution < -0.4 is 15.1 Å². The SMILES string of the molecule is CS(=O)(=O)CC[NH+]([O-])C(COCc1ccccc1)C(=O)Nc1ccc(Oc2ccccc2)cc1. The third kappa shape index (κ3) is 8.60. The number of quaternary nitrogens is 1. The van der Waals surface area contributed by atoms with E-state index in [0.29, 0.717) is 17.2 Å². The average Bonchev–Trinajstić information content (AvgIpc) is 2.82. The Morgan fingerprint density at radius 1 is 0.941 bits per heavy atom. The second-order valence-electron chi connectivity index (χ2n) is 7.83. The van der Waals surface area contributed by atoms with Gasteiger partial charge in [-0.15, -0.1) is 0 Å². The first-order valence-electron chi connectivity index (χ1n) is 10.8. The lowest BCUT2D eigenvalue weighted by atomic mass is 10.2. The number of benzene rings is 3. The van der Waals surface area contributed by atoms with Crippen molar-refractivity contribution in [1.82, 2.24) is 0 Å². The average molecular weight is 485 g/mol. The zero-order chi connectivity index (χ0) is 24.4. The number of hydrogen-bond donors (Lipinski definition) is 2. The van der Waals surface area contributed by atoms with Crippen molar-refractivity contribution in [2.45, 2.75) is 12.6 Å². The first kappa shape index (κ1) is 25.4. The molecule has 0 fully saturated rings. The molecule has 34 heavy (non-hydrogen) atoms. The Balaban J connectivity index is 1.62. The van der Waals surface area contributed by atoms with Gasteiger partial charge in [0, 0.05) is 11.9 Å². The summed E-state index contributed by atoms with van der Waals surface area (Å²) in [5, 5.41) is 14.9. The lowest BCUT2D eigenvalue weighted by molar-refractivity contribution is -0.863. The molecule has 2 N–H and O–H groups in total. The largest absolute Gasteiger partial charge is 0.634 e. The Hall–Kier alpha value is -3.24. The third-order valence-electron chi connectivity index (χ3n) is 4.92. The maximum absolute atomic E-state index is 12.9. The summed E-state index contributed by atoms with van der Waals surface area (Å²) in [6, 6.07) is 24.3. The smallest absolute Gasteiger partial charge is 0.285 e. The van der Waals surface area contributed by atoms with Crippen LogP contribution in [0.2, 0.25) is 0 Å². The first-order chi connectivity index (χ1) is 16.3. The number of hydroxylamine groups is 2.